The number of carbonyl (C=O) groups is 1. The fraction of sp³-hybridized carbons (Fsp3) is 0. The van der Waals surface area contributed by atoms with Gasteiger partial charge in [0.1, 0.15) is 0 Å². The summed E-state index contributed by atoms with van der Waals surface area (Å²) in [4.78, 5) is 12.0. The summed E-state index contributed by atoms with van der Waals surface area (Å²) in [7, 11) is 0. The van der Waals surface area contributed by atoms with Gasteiger partial charge in [0.05, 0.1) is 0 Å². The molecule has 3 aromatic rings. The first-order chi connectivity index (χ1) is 13.7. The Labute approximate surface area is 170 Å². The molecule has 0 fully saturated rings. The summed E-state index contributed by atoms with van der Waals surface area (Å²) in [5, 5.41) is 5.91. The standard InChI is InChI=1S/C24H20N2OS/c27-23(18-15-20-9-5-2-6-10-20)26-24(28)25-22-16-13-21(14-17-22)12-11-19-7-3-1-4-8-19/h1-18H,(H2,25,26,27,28). The van der Waals surface area contributed by atoms with Crippen LogP contribution < -0.4 is 10.6 Å². The van der Waals surface area contributed by atoms with Gasteiger partial charge in [-0.15, -0.1) is 0 Å². The Balaban J connectivity index is 1.50. The van der Waals surface area contributed by atoms with Gasteiger partial charge in [0.25, 0.3) is 0 Å². The van der Waals surface area contributed by atoms with Crippen molar-refractivity contribution in [2.45, 2.75) is 0 Å². The second-order valence-corrected chi connectivity index (χ2v) is 6.46. The lowest BCUT2D eigenvalue weighted by atomic mass is 10.1. The van der Waals surface area contributed by atoms with Crippen LogP contribution in [0.25, 0.3) is 18.2 Å². The summed E-state index contributed by atoms with van der Waals surface area (Å²) in [6.45, 7) is 0. The summed E-state index contributed by atoms with van der Waals surface area (Å²) in [6.07, 6.45) is 7.31. The van der Waals surface area contributed by atoms with Crippen LogP contribution in [0.4, 0.5) is 5.69 Å². The molecule has 3 nitrogen and oxygen atoms in total. The maximum atomic E-state index is 12.0. The molecule has 3 aromatic carbocycles. The number of thiocarbonyl (C=S) groups is 1. The summed E-state index contributed by atoms with van der Waals surface area (Å²) in [5.41, 5.74) is 4.00. The molecule has 4 heteroatoms. The van der Waals surface area contributed by atoms with Crippen LogP contribution in [0, 0.1) is 0 Å². The molecule has 0 bridgehead atoms. The van der Waals surface area contributed by atoms with E-state index in [1.165, 1.54) is 6.08 Å². The summed E-state index contributed by atoms with van der Waals surface area (Å²) in [6, 6.07) is 27.6. The number of rotatable bonds is 5. The predicted molar refractivity (Wildman–Crippen MR) is 122 cm³/mol. The molecule has 1 amide bonds. The van der Waals surface area contributed by atoms with Gasteiger partial charge >= 0.3 is 0 Å². The lowest BCUT2D eigenvalue weighted by molar-refractivity contribution is -0.115. The van der Waals surface area contributed by atoms with Crippen molar-refractivity contribution in [1.29, 1.82) is 0 Å². The highest BCUT2D eigenvalue weighted by Gasteiger charge is 2.01. The van der Waals surface area contributed by atoms with Crippen LogP contribution in [0.3, 0.4) is 0 Å². The molecule has 0 unspecified atom stereocenters. The molecule has 0 heterocycles. The smallest absolute Gasteiger partial charge is 0.250 e. The minimum absolute atomic E-state index is 0.260. The quantitative estimate of drug-likeness (QED) is 0.352. The summed E-state index contributed by atoms with van der Waals surface area (Å²) >= 11 is 5.20. The number of hydrogen-bond donors (Lipinski definition) is 2. The monoisotopic (exact) mass is 384 g/mol. The van der Waals surface area contributed by atoms with Crippen LogP contribution in [0.15, 0.2) is 91.0 Å². The third-order valence-corrected chi connectivity index (χ3v) is 4.10. The van der Waals surface area contributed by atoms with Crippen molar-refractivity contribution < 1.29 is 4.79 Å². The normalized spacial score (nSPS) is 10.9. The van der Waals surface area contributed by atoms with Gasteiger partial charge in [-0.25, -0.2) is 0 Å². The van der Waals surface area contributed by atoms with E-state index in [0.717, 1.165) is 22.4 Å². The van der Waals surface area contributed by atoms with Gasteiger partial charge in [-0.05, 0) is 47.1 Å². The van der Waals surface area contributed by atoms with Gasteiger partial charge in [-0.1, -0.05) is 84.9 Å². The van der Waals surface area contributed by atoms with E-state index < -0.39 is 0 Å². The fourth-order valence-electron chi connectivity index (χ4n) is 2.49. The van der Waals surface area contributed by atoms with Crippen molar-refractivity contribution in [3.8, 4) is 0 Å². The third-order valence-electron chi connectivity index (χ3n) is 3.90. The number of benzene rings is 3. The Morgan fingerprint density at radius 3 is 1.75 bits per heavy atom. The lowest BCUT2D eigenvalue weighted by Crippen LogP contribution is -2.32. The van der Waals surface area contributed by atoms with Crippen molar-refractivity contribution in [3.05, 3.63) is 108 Å². The summed E-state index contributed by atoms with van der Waals surface area (Å²) < 4.78 is 0. The van der Waals surface area contributed by atoms with E-state index in [1.54, 1.807) is 6.08 Å². The van der Waals surface area contributed by atoms with E-state index in [-0.39, 0.29) is 11.0 Å². The average Bonchev–Trinajstić information content (AvgIpc) is 2.73. The maximum absolute atomic E-state index is 12.0. The van der Waals surface area contributed by atoms with Crippen molar-refractivity contribution in [1.82, 2.24) is 5.32 Å². The minimum Gasteiger partial charge on any atom is -0.332 e. The van der Waals surface area contributed by atoms with Gasteiger partial charge < -0.3 is 5.32 Å². The zero-order chi connectivity index (χ0) is 19.6. The Hall–Kier alpha value is -3.50. The van der Waals surface area contributed by atoms with Crippen molar-refractivity contribution >= 4 is 47.2 Å². The van der Waals surface area contributed by atoms with Gasteiger partial charge in [0.2, 0.25) is 5.91 Å². The molecule has 0 aromatic heterocycles. The van der Waals surface area contributed by atoms with Crippen molar-refractivity contribution in [2.24, 2.45) is 0 Å². The van der Waals surface area contributed by atoms with E-state index >= 15 is 0 Å². The van der Waals surface area contributed by atoms with Gasteiger partial charge in [-0.3, -0.25) is 10.1 Å². The first-order valence-corrected chi connectivity index (χ1v) is 9.28. The average molecular weight is 385 g/mol. The fourth-order valence-corrected chi connectivity index (χ4v) is 2.70. The molecule has 0 aliphatic rings. The molecule has 0 spiro atoms. The first kappa shape index (κ1) is 19.3. The molecular weight excluding hydrogens is 364 g/mol. The molecule has 0 aliphatic carbocycles. The van der Waals surface area contributed by atoms with Gasteiger partial charge in [0, 0.05) is 11.8 Å². The largest absolute Gasteiger partial charge is 0.332 e. The van der Waals surface area contributed by atoms with Crippen LogP contribution in [0.2, 0.25) is 0 Å². The van der Waals surface area contributed by atoms with E-state index in [4.69, 9.17) is 12.2 Å². The Morgan fingerprint density at radius 1 is 0.679 bits per heavy atom. The van der Waals surface area contributed by atoms with Crippen molar-refractivity contribution in [3.63, 3.8) is 0 Å². The highest BCUT2D eigenvalue weighted by molar-refractivity contribution is 7.80. The molecule has 0 saturated heterocycles. The first-order valence-electron chi connectivity index (χ1n) is 8.87. The van der Waals surface area contributed by atoms with E-state index in [9.17, 15) is 4.79 Å². The summed E-state index contributed by atoms with van der Waals surface area (Å²) in [5.74, 6) is -0.274. The lowest BCUT2D eigenvalue weighted by Gasteiger charge is -2.08. The molecule has 0 atom stereocenters. The second kappa shape index (κ2) is 10.00. The van der Waals surface area contributed by atoms with Crippen LogP contribution in [0.1, 0.15) is 16.7 Å². The minimum atomic E-state index is -0.274. The Kier molecular flexibility index (Phi) is 6.88. The van der Waals surface area contributed by atoms with E-state index in [1.807, 2.05) is 78.9 Å². The topological polar surface area (TPSA) is 41.1 Å². The molecule has 138 valence electrons. The molecule has 0 aliphatic heterocycles. The number of nitrogens with one attached hydrogen (secondary N) is 2. The molecule has 2 N–H and O–H groups in total. The van der Waals surface area contributed by atoms with Crippen LogP contribution in [-0.2, 0) is 4.79 Å². The molecule has 28 heavy (non-hydrogen) atoms. The maximum Gasteiger partial charge on any atom is 0.250 e. The Bertz CT molecular complexity index is 978. The molecular formula is C24H20N2OS. The molecule has 0 saturated carbocycles. The van der Waals surface area contributed by atoms with Crippen LogP contribution in [-0.4, -0.2) is 11.0 Å². The molecule has 0 radical (unpaired) electrons. The molecule has 3 rings (SSSR count). The third kappa shape index (κ3) is 6.34. The highest BCUT2D eigenvalue weighted by atomic mass is 32.1. The number of anilines is 1. The number of amides is 1. The van der Waals surface area contributed by atoms with Gasteiger partial charge in [0.15, 0.2) is 5.11 Å². The SMILES string of the molecule is O=C(C=Cc1ccccc1)NC(=S)Nc1ccc(C=Cc2ccccc2)cc1. The van der Waals surface area contributed by atoms with E-state index in [2.05, 4.69) is 28.8 Å². The number of carbonyl (C=O) groups excluding carboxylic acids is 1. The Morgan fingerprint density at radius 2 is 1.18 bits per heavy atom. The van der Waals surface area contributed by atoms with Crippen LogP contribution >= 0.6 is 12.2 Å². The van der Waals surface area contributed by atoms with E-state index in [0.29, 0.717) is 0 Å². The zero-order valence-electron chi connectivity index (χ0n) is 15.2. The van der Waals surface area contributed by atoms with Crippen molar-refractivity contribution in [2.75, 3.05) is 5.32 Å². The number of hydrogen-bond acceptors (Lipinski definition) is 2. The predicted octanol–water partition coefficient (Wildman–Crippen LogP) is 5.38. The second-order valence-electron chi connectivity index (χ2n) is 6.05. The van der Waals surface area contributed by atoms with Crippen LogP contribution in [0.5, 0.6) is 0 Å². The highest BCUT2D eigenvalue weighted by Crippen LogP contribution is 2.12. The van der Waals surface area contributed by atoms with Gasteiger partial charge in [-0.2, -0.15) is 0 Å². The zero-order valence-corrected chi connectivity index (χ0v) is 16.0.